The zero-order valence-corrected chi connectivity index (χ0v) is 8.17. The second-order valence-corrected chi connectivity index (χ2v) is 4.82. The van der Waals surface area contributed by atoms with E-state index in [9.17, 15) is 9.36 Å². The molecule has 0 aliphatic carbocycles. The zero-order valence-electron chi connectivity index (χ0n) is 7.27. The average Bonchev–Trinajstić information content (AvgIpc) is 1.48. The molecule has 0 aliphatic heterocycles. The van der Waals surface area contributed by atoms with Crippen LogP contribution in [0, 0.1) is 0 Å². The minimum atomic E-state index is -4.12. The highest BCUT2D eigenvalue weighted by atomic mass is 31.2. The first-order valence-electron chi connectivity index (χ1n) is 3.36. The van der Waals surface area contributed by atoms with Gasteiger partial charge in [-0.1, -0.05) is 0 Å². The lowest BCUT2D eigenvalue weighted by Gasteiger charge is -2.24. The van der Waals surface area contributed by atoms with E-state index in [1.807, 2.05) is 0 Å². The molecule has 0 aromatic heterocycles. The van der Waals surface area contributed by atoms with Gasteiger partial charge in [-0.15, -0.1) is 0 Å². The summed E-state index contributed by atoms with van der Waals surface area (Å²) in [7, 11) is -4.12. The summed E-state index contributed by atoms with van der Waals surface area (Å²) < 4.78 is 15.2. The molecule has 72 valence electrons. The van der Waals surface area contributed by atoms with E-state index in [2.05, 4.69) is 4.74 Å². The molecular weight excluding hydrogens is 183 g/mol. The maximum absolute atomic E-state index is 10.5. The SMILES string of the molecule is CC(=O)OC(C)(C)CP(=O)(O)O. The van der Waals surface area contributed by atoms with Gasteiger partial charge in [0.25, 0.3) is 0 Å². The molecule has 5 nitrogen and oxygen atoms in total. The van der Waals surface area contributed by atoms with Gasteiger partial charge in [-0.25, -0.2) is 0 Å². The molecule has 0 aromatic carbocycles. The summed E-state index contributed by atoms with van der Waals surface area (Å²) in [5.74, 6) is -0.548. The van der Waals surface area contributed by atoms with Crippen LogP contribution in [0.25, 0.3) is 0 Å². The van der Waals surface area contributed by atoms with Crippen LogP contribution >= 0.6 is 7.60 Å². The summed E-state index contributed by atoms with van der Waals surface area (Å²) in [5.41, 5.74) is -1.11. The van der Waals surface area contributed by atoms with Gasteiger partial charge < -0.3 is 14.5 Å². The lowest BCUT2D eigenvalue weighted by molar-refractivity contribution is -0.151. The van der Waals surface area contributed by atoms with Gasteiger partial charge in [-0.2, -0.15) is 0 Å². The Morgan fingerprint density at radius 1 is 1.50 bits per heavy atom. The zero-order chi connectivity index (χ0) is 9.99. The molecule has 0 bridgehead atoms. The second kappa shape index (κ2) is 3.56. The number of hydrogen-bond acceptors (Lipinski definition) is 3. The third-order valence-electron chi connectivity index (χ3n) is 1.01. The van der Waals surface area contributed by atoms with Crippen LogP contribution in [-0.2, 0) is 14.1 Å². The van der Waals surface area contributed by atoms with Crippen molar-refractivity contribution in [3.8, 4) is 0 Å². The number of carbonyl (C=O) groups excluding carboxylic acids is 1. The Kier molecular flexibility index (Phi) is 3.45. The number of hydrogen-bond donors (Lipinski definition) is 2. The summed E-state index contributed by atoms with van der Waals surface area (Å²) in [6, 6.07) is 0. The fraction of sp³-hybridized carbons (Fsp3) is 0.833. The van der Waals surface area contributed by atoms with Crippen molar-refractivity contribution in [2.45, 2.75) is 26.4 Å². The largest absolute Gasteiger partial charge is 0.459 e. The Bertz CT molecular complexity index is 216. The Labute approximate surface area is 70.9 Å². The molecule has 0 spiro atoms. The lowest BCUT2D eigenvalue weighted by Crippen LogP contribution is -2.31. The van der Waals surface area contributed by atoms with E-state index in [1.54, 1.807) is 0 Å². The van der Waals surface area contributed by atoms with Crippen molar-refractivity contribution >= 4 is 13.6 Å². The van der Waals surface area contributed by atoms with E-state index in [0.717, 1.165) is 0 Å². The topological polar surface area (TPSA) is 83.8 Å². The first-order valence-corrected chi connectivity index (χ1v) is 5.16. The molecule has 0 fully saturated rings. The van der Waals surface area contributed by atoms with Crippen LogP contribution in [0.15, 0.2) is 0 Å². The van der Waals surface area contributed by atoms with E-state index in [-0.39, 0.29) is 0 Å². The average molecular weight is 196 g/mol. The maximum atomic E-state index is 10.5. The fourth-order valence-electron chi connectivity index (χ4n) is 0.917. The third-order valence-corrected chi connectivity index (χ3v) is 2.18. The predicted molar refractivity (Wildman–Crippen MR) is 42.8 cm³/mol. The van der Waals surface area contributed by atoms with Crippen LogP contribution in [0.5, 0.6) is 0 Å². The fourth-order valence-corrected chi connectivity index (χ4v) is 1.97. The molecule has 2 N–H and O–H groups in total. The quantitative estimate of drug-likeness (QED) is 0.507. The second-order valence-electron chi connectivity index (χ2n) is 3.18. The van der Waals surface area contributed by atoms with Gasteiger partial charge in [-0.3, -0.25) is 9.36 Å². The number of carbonyl (C=O) groups is 1. The molecule has 0 aromatic rings. The van der Waals surface area contributed by atoms with E-state index >= 15 is 0 Å². The first kappa shape index (κ1) is 11.6. The summed E-state index contributed by atoms with van der Waals surface area (Å²) in [4.78, 5) is 27.6. The Hall–Kier alpha value is -0.380. The van der Waals surface area contributed by atoms with Crippen LogP contribution in [0.4, 0.5) is 0 Å². The first-order chi connectivity index (χ1) is 5.12. The van der Waals surface area contributed by atoms with Gasteiger partial charge in [0.1, 0.15) is 5.60 Å². The van der Waals surface area contributed by atoms with Crippen LogP contribution < -0.4 is 0 Å². The minimum Gasteiger partial charge on any atom is -0.459 e. The molecule has 6 heteroatoms. The molecule has 0 saturated heterocycles. The van der Waals surface area contributed by atoms with Crippen molar-refractivity contribution in [3.05, 3.63) is 0 Å². The van der Waals surface area contributed by atoms with Crippen molar-refractivity contribution in [2.24, 2.45) is 0 Å². The van der Waals surface area contributed by atoms with Crippen molar-refractivity contribution in [1.29, 1.82) is 0 Å². The molecule has 0 aliphatic rings. The van der Waals surface area contributed by atoms with Crippen molar-refractivity contribution < 1.29 is 23.9 Å². The van der Waals surface area contributed by atoms with Crippen LogP contribution in [0.1, 0.15) is 20.8 Å². The Morgan fingerprint density at radius 3 is 2.17 bits per heavy atom. The van der Waals surface area contributed by atoms with Crippen LogP contribution in [0.3, 0.4) is 0 Å². The van der Waals surface area contributed by atoms with Gasteiger partial charge in [0.15, 0.2) is 0 Å². The third kappa shape index (κ3) is 6.34. The van der Waals surface area contributed by atoms with E-state index in [4.69, 9.17) is 9.79 Å². The van der Waals surface area contributed by atoms with Gasteiger partial charge in [-0.05, 0) is 13.8 Å². The number of esters is 1. The number of rotatable bonds is 3. The molecule has 0 radical (unpaired) electrons. The highest BCUT2D eigenvalue weighted by Gasteiger charge is 2.30. The van der Waals surface area contributed by atoms with Gasteiger partial charge in [0.2, 0.25) is 0 Å². The van der Waals surface area contributed by atoms with Gasteiger partial charge >= 0.3 is 13.6 Å². The highest BCUT2D eigenvalue weighted by Crippen LogP contribution is 2.39. The van der Waals surface area contributed by atoms with E-state index < -0.39 is 25.3 Å². The summed E-state index contributed by atoms with van der Waals surface area (Å²) in [6.07, 6.45) is -0.459. The molecule has 12 heavy (non-hydrogen) atoms. The normalized spacial score (nSPS) is 12.8. The highest BCUT2D eigenvalue weighted by molar-refractivity contribution is 7.51. The Balaban J connectivity index is 4.23. The summed E-state index contributed by atoms with van der Waals surface area (Å²) in [6.45, 7) is 4.10. The maximum Gasteiger partial charge on any atom is 0.329 e. The van der Waals surface area contributed by atoms with Crippen LogP contribution in [0.2, 0.25) is 0 Å². The van der Waals surface area contributed by atoms with Crippen LogP contribution in [-0.4, -0.2) is 27.5 Å². The molecular formula is C6H13O5P. The molecule has 0 heterocycles. The van der Waals surface area contributed by atoms with Gasteiger partial charge in [0, 0.05) is 6.92 Å². The van der Waals surface area contributed by atoms with Crippen molar-refractivity contribution in [2.75, 3.05) is 6.16 Å². The minimum absolute atomic E-state index is 0.459. The molecule has 0 amide bonds. The molecule has 0 unspecified atom stereocenters. The predicted octanol–water partition coefficient (Wildman–Crippen LogP) is 0.506. The molecule has 0 saturated carbocycles. The molecule has 0 rings (SSSR count). The number of ether oxygens (including phenoxy) is 1. The standard InChI is InChI=1S/C6H13O5P/c1-5(7)11-6(2,3)4-12(8,9)10/h4H2,1-3H3,(H2,8,9,10). The molecule has 0 atom stereocenters. The summed E-state index contributed by atoms with van der Waals surface area (Å²) >= 11 is 0. The van der Waals surface area contributed by atoms with Crippen molar-refractivity contribution in [1.82, 2.24) is 0 Å². The summed E-state index contributed by atoms with van der Waals surface area (Å²) in [5, 5.41) is 0. The van der Waals surface area contributed by atoms with Crippen molar-refractivity contribution in [3.63, 3.8) is 0 Å². The monoisotopic (exact) mass is 196 g/mol. The Morgan fingerprint density at radius 2 is 1.92 bits per heavy atom. The smallest absolute Gasteiger partial charge is 0.329 e. The lowest BCUT2D eigenvalue weighted by atomic mass is 10.2. The van der Waals surface area contributed by atoms with Gasteiger partial charge in [0.05, 0.1) is 6.16 Å². The van der Waals surface area contributed by atoms with E-state index in [0.29, 0.717) is 0 Å². The van der Waals surface area contributed by atoms with E-state index in [1.165, 1.54) is 20.8 Å².